The van der Waals surface area contributed by atoms with Crippen molar-refractivity contribution in [2.75, 3.05) is 11.4 Å². The summed E-state index contributed by atoms with van der Waals surface area (Å²) < 4.78 is 13.9. The third-order valence-corrected chi connectivity index (χ3v) is 3.43. The quantitative estimate of drug-likeness (QED) is 0.760. The second-order valence-corrected chi connectivity index (χ2v) is 4.83. The van der Waals surface area contributed by atoms with Crippen LogP contribution in [0.1, 0.15) is 17.5 Å². The number of hydrogen-bond acceptors (Lipinski definition) is 3. The van der Waals surface area contributed by atoms with Crippen molar-refractivity contribution >= 4 is 17.3 Å². The number of nitrogens with zero attached hydrogens (tertiary/aromatic N) is 3. The Labute approximate surface area is 128 Å². The molecule has 0 amide bonds. The van der Waals surface area contributed by atoms with Gasteiger partial charge in [0.1, 0.15) is 5.82 Å². The van der Waals surface area contributed by atoms with Crippen LogP contribution in [0, 0.1) is 17.1 Å². The molecule has 21 heavy (non-hydrogen) atoms. The van der Waals surface area contributed by atoms with Crippen molar-refractivity contribution in [3.8, 4) is 6.07 Å². The number of pyridine rings is 1. The first kappa shape index (κ1) is 15.3. The van der Waals surface area contributed by atoms with E-state index in [-0.39, 0.29) is 11.7 Å². The van der Waals surface area contributed by atoms with E-state index in [0.29, 0.717) is 25.1 Å². The Morgan fingerprint density at radius 3 is 2.81 bits per heavy atom. The predicted octanol–water partition coefficient (Wildman–Crippen LogP) is 3.88. The van der Waals surface area contributed by atoms with Crippen molar-refractivity contribution in [2.45, 2.75) is 18.8 Å². The molecule has 2 rings (SSSR count). The van der Waals surface area contributed by atoms with Crippen molar-refractivity contribution in [2.24, 2.45) is 0 Å². The number of aromatic nitrogens is 1. The first-order valence-corrected chi connectivity index (χ1v) is 7.14. The number of nitriles is 1. The molecule has 108 valence electrons. The Morgan fingerprint density at radius 1 is 1.29 bits per heavy atom. The fourth-order valence-electron chi connectivity index (χ4n) is 2.16. The van der Waals surface area contributed by atoms with Crippen molar-refractivity contribution < 1.29 is 4.39 Å². The van der Waals surface area contributed by atoms with Crippen LogP contribution in [0.4, 0.5) is 10.1 Å². The molecule has 0 aliphatic rings. The zero-order valence-corrected chi connectivity index (χ0v) is 12.2. The van der Waals surface area contributed by atoms with E-state index in [2.05, 4.69) is 11.1 Å². The Hall–Kier alpha value is -2.12. The van der Waals surface area contributed by atoms with Gasteiger partial charge in [0.25, 0.3) is 0 Å². The van der Waals surface area contributed by atoms with Crippen LogP contribution in [0.15, 0.2) is 42.7 Å². The van der Waals surface area contributed by atoms with Gasteiger partial charge in [0.05, 0.1) is 18.4 Å². The standard InChI is InChI=1S/C16H15ClFN3/c17-10-14-15(18)5-1-6-16(14)21(9-3-7-19)12-13-4-2-8-20-11-13/h1-2,4-6,8,11H,3,9-10,12H2. The lowest BCUT2D eigenvalue weighted by molar-refractivity contribution is 0.615. The van der Waals surface area contributed by atoms with Crippen LogP contribution in [0.2, 0.25) is 0 Å². The number of rotatable bonds is 6. The third-order valence-electron chi connectivity index (χ3n) is 3.16. The van der Waals surface area contributed by atoms with Gasteiger partial charge in [0.2, 0.25) is 0 Å². The Morgan fingerprint density at radius 2 is 2.14 bits per heavy atom. The molecule has 0 spiro atoms. The topological polar surface area (TPSA) is 39.9 Å². The van der Waals surface area contributed by atoms with Gasteiger partial charge in [0.15, 0.2) is 0 Å². The summed E-state index contributed by atoms with van der Waals surface area (Å²) in [5.74, 6) is -0.228. The SMILES string of the molecule is N#CCCN(Cc1cccnc1)c1cccc(F)c1CCl. The van der Waals surface area contributed by atoms with Crippen molar-refractivity contribution in [3.63, 3.8) is 0 Å². The average Bonchev–Trinajstić information content (AvgIpc) is 2.52. The maximum Gasteiger partial charge on any atom is 0.129 e. The van der Waals surface area contributed by atoms with Gasteiger partial charge in [-0.15, -0.1) is 11.6 Å². The maximum absolute atomic E-state index is 13.9. The minimum atomic E-state index is -0.323. The molecule has 0 radical (unpaired) electrons. The molecule has 2 aromatic rings. The second-order valence-electron chi connectivity index (χ2n) is 4.56. The van der Waals surface area contributed by atoms with Gasteiger partial charge in [-0.1, -0.05) is 12.1 Å². The lowest BCUT2D eigenvalue weighted by Gasteiger charge is -2.26. The second kappa shape index (κ2) is 7.61. The van der Waals surface area contributed by atoms with Crippen LogP contribution in [-0.4, -0.2) is 11.5 Å². The first-order chi connectivity index (χ1) is 10.3. The molecule has 0 saturated heterocycles. The van der Waals surface area contributed by atoms with Crippen LogP contribution >= 0.6 is 11.6 Å². The third kappa shape index (κ3) is 3.93. The molecule has 0 fully saturated rings. The Kier molecular flexibility index (Phi) is 5.53. The Bertz CT molecular complexity index is 625. The molecule has 0 saturated carbocycles. The fourth-order valence-corrected chi connectivity index (χ4v) is 2.42. The monoisotopic (exact) mass is 303 g/mol. The molecule has 3 nitrogen and oxygen atoms in total. The van der Waals surface area contributed by atoms with E-state index >= 15 is 0 Å². The zero-order chi connectivity index (χ0) is 15.1. The zero-order valence-electron chi connectivity index (χ0n) is 11.5. The van der Waals surface area contributed by atoms with E-state index < -0.39 is 0 Å². The highest BCUT2D eigenvalue weighted by Crippen LogP contribution is 2.26. The van der Waals surface area contributed by atoms with Crippen molar-refractivity contribution in [3.05, 3.63) is 59.7 Å². The van der Waals surface area contributed by atoms with Crippen LogP contribution in [-0.2, 0) is 12.4 Å². The van der Waals surface area contributed by atoms with E-state index in [4.69, 9.17) is 16.9 Å². The predicted molar refractivity (Wildman–Crippen MR) is 81.5 cm³/mol. The summed E-state index contributed by atoms with van der Waals surface area (Å²) in [7, 11) is 0. The molecule has 1 aromatic heterocycles. The van der Waals surface area contributed by atoms with Crippen LogP contribution in [0.25, 0.3) is 0 Å². The summed E-state index contributed by atoms with van der Waals surface area (Å²) in [5.41, 5.74) is 2.19. The molecule has 0 atom stereocenters. The highest BCUT2D eigenvalue weighted by atomic mass is 35.5. The lowest BCUT2D eigenvalue weighted by atomic mass is 10.1. The minimum absolute atomic E-state index is 0.0953. The highest BCUT2D eigenvalue weighted by molar-refractivity contribution is 6.17. The molecule has 0 aliphatic carbocycles. The number of anilines is 1. The normalized spacial score (nSPS) is 10.1. The lowest BCUT2D eigenvalue weighted by Crippen LogP contribution is -2.25. The van der Waals surface area contributed by atoms with Gasteiger partial charge in [0, 0.05) is 36.7 Å². The first-order valence-electron chi connectivity index (χ1n) is 6.60. The summed E-state index contributed by atoms with van der Waals surface area (Å²) in [5, 5.41) is 8.82. The molecule has 0 N–H and O–H groups in total. The number of benzene rings is 1. The molecule has 0 aliphatic heterocycles. The largest absolute Gasteiger partial charge is 0.366 e. The van der Waals surface area contributed by atoms with Gasteiger partial charge in [-0.25, -0.2) is 4.39 Å². The average molecular weight is 304 g/mol. The molecule has 1 heterocycles. The molecular weight excluding hydrogens is 289 g/mol. The number of alkyl halides is 1. The molecule has 0 bridgehead atoms. The summed E-state index contributed by atoms with van der Waals surface area (Å²) in [6.45, 7) is 1.07. The van der Waals surface area contributed by atoms with Gasteiger partial charge in [-0.3, -0.25) is 4.98 Å². The maximum atomic E-state index is 13.9. The summed E-state index contributed by atoms with van der Waals surface area (Å²) in [6.07, 6.45) is 3.83. The smallest absolute Gasteiger partial charge is 0.129 e. The van der Waals surface area contributed by atoms with Crippen molar-refractivity contribution in [1.29, 1.82) is 5.26 Å². The number of hydrogen-bond donors (Lipinski definition) is 0. The van der Waals surface area contributed by atoms with Crippen LogP contribution < -0.4 is 4.90 Å². The molecule has 1 aromatic carbocycles. The summed E-state index contributed by atoms with van der Waals surface area (Å²) >= 11 is 5.87. The Balaban J connectivity index is 2.32. The molecule has 0 unspecified atom stereocenters. The van der Waals surface area contributed by atoms with Crippen LogP contribution in [0.3, 0.4) is 0 Å². The van der Waals surface area contributed by atoms with Gasteiger partial charge < -0.3 is 4.90 Å². The number of halogens is 2. The molecular formula is C16H15ClFN3. The van der Waals surface area contributed by atoms with E-state index in [1.54, 1.807) is 18.5 Å². The van der Waals surface area contributed by atoms with E-state index in [0.717, 1.165) is 11.3 Å². The summed E-state index contributed by atoms with van der Waals surface area (Å²) in [4.78, 5) is 6.04. The highest BCUT2D eigenvalue weighted by Gasteiger charge is 2.14. The van der Waals surface area contributed by atoms with Crippen molar-refractivity contribution in [1.82, 2.24) is 4.98 Å². The summed E-state index contributed by atoms with van der Waals surface area (Å²) in [6, 6.07) is 10.8. The van der Waals surface area contributed by atoms with E-state index in [1.165, 1.54) is 6.07 Å². The van der Waals surface area contributed by atoms with Gasteiger partial charge in [-0.05, 0) is 23.8 Å². The van der Waals surface area contributed by atoms with Gasteiger partial charge in [-0.2, -0.15) is 5.26 Å². The van der Waals surface area contributed by atoms with E-state index in [1.807, 2.05) is 23.1 Å². The fraction of sp³-hybridized carbons (Fsp3) is 0.250. The van der Waals surface area contributed by atoms with E-state index in [9.17, 15) is 4.39 Å². The molecule has 5 heteroatoms. The van der Waals surface area contributed by atoms with Gasteiger partial charge >= 0.3 is 0 Å². The van der Waals surface area contributed by atoms with Crippen LogP contribution in [0.5, 0.6) is 0 Å². The minimum Gasteiger partial charge on any atom is -0.366 e.